The second-order valence-electron chi connectivity index (χ2n) is 3.71. The third-order valence-corrected chi connectivity index (χ3v) is 2.62. The molecule has 0 aromatic rings. The average Bonchev–Trinajstić information content (AvgIpc) is 1.97. The van der Waals surface area contributed by atoms with Crippen LogP contribution in [-0.2, 0) is 14.3 Å². The Bertz CT molecular complexity index is 240. The van der Waals surface area contributed by atoms with Gasteiger partial charge in [0.2, 0.25) is 5.91 Å². The van der Waals surface area contributed by atoms with Gasteiger partial charge in [0.1, 0.15) is 10.5 Å². The maximum absolute atomic E-state index is 11.3. The van der Waals surface area contributed by atoms with Crippen molar-refractivity contribution in [3.8, 4) is 0 Å². The zero-order valence-electron chi connectivity index (χ0n) is 7.59. The largest absolute Gasteiger partial charge is 0.462 e. The van der Waals surface area contributed by atoms with Crippen LogP contribution in [0.4, 0.5) is 0 Å². The lowest BCUT2D eigenvalue weighted by atomic mass is 10.1. The summed E-state index contributed by atoms with van der Waals surface area (Å²) in [6, 6.07) is 0. The van der Waals surface area contributed by atoms with Crippen molar-refractivity contribution in [2.45, 2.75) is 29.7 Å². The topological polar surface area (TPSA) is 55.4 Å². The van der Waals surface area contributed by atoms with Gasteiger partial charge in [-0.15, -0.1) is 0 Å². The zero-order chi connectivity index (χ0) is 10.1. The maximum Gasteiger partial charge on any atom is 0.319 e. The summed E-state index contributed by atoms with van der Waals surface area (Å²) >= 11 is 1.92. The highest BCUT2D eigenvalue weighted by Gasteiger charge is 2.30. The van der Waals surface area contributed by atoms with E-state index in [9.17, 15) is 9.59 Å². The van der Waals surface area contributed by atoms with E-state index in [2.05, 4.69) is 5.32 Å². The Labute approximate surface area is 90.5 Å². The fourth-order valence-electron chi connectivity index (χ4n) is 1.05. The molecular weight excluding hydrogens is 285 g/mol. The van der Waals surface area contributed by atoms with Crippen molar-refractivity contribution in [1.82, 2.24) is 5.32 Å². The Morgan fingerprint density at radius 1 is 1.54 bits per heavy atom. The Morgan fingerprint density at radius 2 is 2.15 bits per heavy atom. The van der Waals surface area contributed by atoms with Gasteiger partial charge in [0.25, 0.3) is 0 Å². The number of alkyl halides is 1. The van der Waals surface area contributed by atoms with Gasteiger partial charge >= 0.3 is 5.97 Å². The standard InChI is InChI=1S/C8H12INO3/c1-8(2)4-13-7(12)5(9)3-6(11)10-8/h5H,3-4H2,1-2H3,(H,10,11). The van der Waals surface area contributed by atoms with E-state index in [-0.39, 0.29) is 28.8 Å². The first-order valence-electron chi connectivity index (χ1n) is 4.02. The van der Waals surface area contributed by atoms with E-state index in [0.29, 0.717) is 0 Å². The molecule has 0 bridgehead atoms. The van der Waals surface area contributed by atoms with Crippen LogP contribution in [0.5, 0.6) is 0 Å². The number of nitrogens with one attached hydrogen (secondary N) is 1. The molecule has 1 unspecified atom stereocenters. The Hall–Kier alpha value is -0.330. The van der Waals surface area contributed by atoms with Crippen LogP contribution in [0, 0.1) is 0 Å². The van der Waals surface area contributed by atoms with Gasteiger partial charge in [-0.25, -0.2) is 0 Å². The first kappa shape index (κ1) is 10.7. The molecule has 1 aliphatic heterocycles. The van der Waals surface area contributed by atoms with Crippen LogP contribution >= 0.6 is 22.6 Å². The first-order chi connectivity index (χ1) is 5.91. The van der Waals surface area contributed by atoms with E-state index in [0.717, 1.165) is 0 Å². The van der Waals surface area contributed by atoms with E-state index < -0.39 is 5.54 Å². The maximum atomic E-state index is 11.3. The fourth-order valence-corrected chi connectivity index (χ4v) is 1.63. The van der Waals surface area contributed by atoms with Crippen LogP contribution in [0.2, 0.25) is 0 Å². The van der Waals surface area contributed by atoms with Crippen molar-refractivity contribution in [3.05, 3.63) is 0 Å². The molecule has 1 rings (SSSR count). The number of esters is 1. The van der Waals surface area contributed by atoms with Crippen LogP contribution < -0.4 is 5.32 Å². The number of hydrogen-bond acceptors (Lipinski definition) is 3. The lowest BCUT2D eigenvalue weighted by molar-refractivity contribution is -0.148. The second-order valence-corrected chi connectivity index (χ2v) is 5.22. The van der Waals surface area contributed by atoms with Crippen molar-refractivity contribution in [2.75, 3.05) is 6.61 Å². The van der Waals surface area contributed by atoms with Gasteiger partial charge < -0.3 is 10.1 Å². The second kappa shape index (κ2) is 3.81. The summed E-state index contributed by atoms with van der Waals surface area (Å²) in [4.78, 5) is 22.5. The van der Waals surface area contributed by atoms with Crippen LogP contribution in [0.3, 0.4) is 0 Å². The highest BCUT2D eigenvalue weighted by atomic mass is 127. The van der Waals surface area contributed by atoms with Gasteiger partial charge in [-0.05, 0) is 13.8 Å². The number of hydrogen-bond donors (Lipinski definition) is 1. The van der Waals surface area contributed by atoms with Gasteiger partial charge in [0.15, 0.2) is 0 Å². The molecule has 4 nitrogen and oxygen atoms in total. The Kier molecular flexibility index (Phi) is 3.15. The number of carbonyl (C=O) groups excluding carboxylic acids is 2. The molecule has 1 heterocycles. The Balaban J connectivity index is 2.70. The summed E-state index contributed by atoms with van der Waals surface area (Å²) in [7, 11) is 0. The number of carbonyl (C=O) groups is 2. The molecule has 1 N–H and O–H groups in total. The van der Waals surface area contributed by atoms with E-state index >= 15 is 0 Å². The summed E-state index contributed by atoms with van der Waals surface area (Å²) in [5, 5.41) is 2.79. The predicted octanol–water partition coefficient (Wildman–Crippen LogP) is 0.632. The lowest BCUT2D eigenvalue weighted by Crippen LogP contribution is -2.50. The minimum Gasteiger partial charge on any atom is -0.462 e. The molecule has 1 saturated heterocycles. The van der Waals surface area contributed by atoms with Gasteiger partial charge in [-0.2, -0.15) is 0 Å². The molecule has 0 saturated carbocycles. The van der Waals surface area contributed by atoms with E-state index in [1.54, 1.807) is 0 Å². The molecule has 1 aliphatic rings. The highest BCUT2D eigenvalue weighted by Crippen LogP contribution is 2.14. The van der Waals surface area contributed by atoms with Crippen LogP contribution in [-0.4, -0.2) is 27.9 Å². The molecule has 0 aliphatic carbocycles. The van der Waals surface area contributed by atoms with E-state index in [1.165, 1.54) is 0 Å². The quantitative estimate of drug-likeness (QED) is 0.405. The van der Waals surface area contributed by atoms with Crippen molar-refractivity contribution in [1.29, 1.82) is 0 Å². The summed E-state index contributed by atoms with van der Waals surface area (Å²) in [6.07, 6.45) is 0.197. The Morgan fingerprint density at radius 3 is 2.77 bits per heavy atom. The summed E-state index contributed by atoms with van der Waals surface area (Å²) < 4.78 is 4.63. The number of amides is 1. The monoisotopic (exact) mass is 297 g/mol. The minimum atomic E-state index is -0.455. The highest BCUT2D eigenvalue weighted by molar-refractivity contribution is 14.1. The molecule has 0 aromatic carbocycles. The van der Waals surface area contributed by atoms with Crippen LogP contribution in [0.1, 0.15) is 20.3 Å². The van der Waals surface area contributed by atoms with Crippen molar-refractivity contribution in [3.63, 3.8) is 0 Å². The normalized spacial score (nSPS) is 28.4. The molecule has 13 heavy (non-hydrogen) atoms. The van der Waals surface area contributed by atoms with Gasteiger partial charge in [-0.1, -0.05) is 22.6 Å². The number of ether oxygens (including phenoxy) is 1. The predicted molar refractivity (Wildman–Crippen MR) is 55.6 cm³/mol. The zero-order valence-corrected chi connectivity index (χ0v) is 9.75. The summed E-state index contributed by atoms with van der Waals surface area (Å²) in [5.41, 5.74) is -0.455. The fraction of sp³-hybridized carbons (Fsp3) is 0.750. The van der Waals surface area contributed by atoms with Crippen LogP contribution in [0.15, 0.2) is 0 Å². The molecule has 1 amide bonds. The third kappa shape index (κ3) is 3.13. The van der Waals surface area contributed by atoms with Crippen LogP contribution in [0.25, 0.3) is 0 Å². The van der Waals surface area contributed by atoms with Crippen molar-refractivity contribution in [2.24, 2.45) is 0 Å². The molecular formula is C8H12INO3. The smallest absolute Gasteiger partial charge is 0.319 e. The van der Waals surface area contributed by atoms with Crippen molar-refractivity contribution >= 4 is 34.5 Å². The minimum absolute atomic E-state index is 0.0962. The third-order valence-electron chi connectivity index (χ3n) is 1.67. The molecule has 5 heteroatoms. The van der Waals surface area contributed by atoms with E-state index in [4.69, 9.17) is 4.74 Å². The lowest BCUT2D eigenvalue weighted by Gasteiger charge is -2.29. The first-order valence-corrected chi connectivity index (χ1v) is 5.27. The summed E-state index contributed by atoms with van der Waals surface area (Å²) in [6.45, 7) is 3.88. The van der Waals surface area contributed by atoms with Gasteiger partial charge in [-0.3, -0.25) is 9.59 Å². The SMILES string of the molecule is CC1(C)COC(=O)C(I)CC(=O)N1. The summed E-state index contributed by atoms with van der Waals surface area (Å²) in [5.74, 6) is -0.399. The molecule has 0 aromatic heterocycles. The molecule has 0 spiro atoms. The molecule has 74 valence electrons. The average molecular weight is 297 g/mol. The number of halogens is 1. The number of cyclic esters (lactones) is 1. The molecule has 1 atom stereocenters. The molecule has 1 fully saturated rings. The molecule has 0 radical (unpaired) electrons. The van der Waals surface area contributed by atoms with Gasteiger partial charge in [0, 0.05) is 6.42 Å². The van der Waals surface area contributed by atoms with E-state index in [1.807, 2.05) is 36.4 Å². The number of rotatable bonds is 0. The van der Waals surface area contributed by atoms with Crippen molar-refractivity contribution < 1.29 is 14.3 Å². The van der Waals surface area contributed by atoms with Gasteiger partial charge in [0.05, 0.1) is 5.54 Å².